The maximum absolute atomic E-state index is 13.6. The summed E-state index contributed by atoms with van der Waals surface area (Å²) in [5, 5.41) is 0. The summed E-state index contributed by atoms with van der Waals surface area (Å²) in [5.74, 6) is 0. The van der Waals surface area contributed by atoms with Crippen LogP contribution in [-0.4, -0.2) is 44.6 Å². The summed E-state index contributed by atoms with van der Waals surface area (Å²) in [6.45, 7) is 9.24. The second-order valence-electron chi connectivity index (χ2n) is 7.46. The summed E-state index contributed by atoms with van der Waals surface area (Å²) < 4.78 is 57.9. The van der Waals surface area contributed by atoms with Gasteiger partial charge in [-0.05, 0) is 45.3 Å². The van der Waals surface area contributed by atoms with E-state index < -0.39 is 30.1 Å². The number of nitrogens with zero attached hydrogens (tertiary/aromatic N) is 1. The third-order valence-corrected chi connectivity index (χ3v) is 5.20. The van der Waals surface area contributed by atoms with Gasteiger partial charge >= 0.3 is 13.3 Å². The average molecular weight is 357 g/mol. The molecular formula is C17H23BF3NO3. The van der Waals surface area contributed by atoms with E-state index in [9.17, 15) is 13.2 Å². The molecule has 25 heavy (non-hydrogen) atoms. The molecule has 1 aromatic carbocycles. The first-order valence-corrected chi connectivity index (χ1v) is 8.41. The van der Waals surface area contributed by atoms with Gasteiger partial charge in [-0.25, -0.2) is 0 Å². The summed E-state index contributed by atoms with van der Waals surface area (Å²) in [7, 11) is -0.815. The summed E-state index contributed by atoms with van der Waals surface area (Å²) in [4.78, 5) is 1.71. The zero-order valence-corrected chi connectivity index (χ0v) is 14.9. The van der Waals surface area contributed by atoms with Crippen molar-refractivity contribution in [2.45, 2.75) is 45.1 Å². The SMILES string of the molecule is CC1(C)OB(c2ccc(N3CCOCC3)c(C(F)(F)F)c2)OC1(C)C. The number of anilines is 1. The van der Waals surface area contributed by atoms with Gasteiger partial charge < -0.3 is 18.9 Å². The van der Waals surface area contributed by atoms with Crippen molar-refractivity contribution >= 4 is 18.3 Å². The smallest absolute Gasteiger partial charge is 0.399 e. The van der Waals surface area contributed by atoms with Gasteiger partial charge in [0, 0.05) is 18.8 Å². The van der Waals surface area contributed by atoms with Gasteiger partial charge in [-0.3, -0.25) is 0 Å². The Morgan fingerprint density at radius 3 is 2.08 bits per heavy atom. The van der Waals surface area contributed by atoms with E-state index in [4.69, 9.17) is 14.0 Å². The minimum absolute atomic E-state index is 0.177. The number of ether oxygens (including phenoxy) is 1. The van der Waals surface area contributed by atoms with Crippen LogP contribution in [0.2, 0.25) is 0 Å². The highest BCUT2D eigenvalue weighted by Gasteiger charge is 2.52. The number of halogens is 3. The third kappa shape index (κ3) is 3.52. The minimum atomic E-state index is -4.45. The van der Waals surface area contributed by atoms with Crippen LogP contribution < -0.4 is 10.4 Å². The van der Waals surface area contributed by atoms with Crippen LogP contribution in [-0.2, 0) is 20.2 Å². The van der Waals surface area contributed by atoms with E-state index in [-0.39, 0.29) is 5.69 Å². The Kier molecular flexibility index (Phi) is 4.58. The van der Waals surface area contributed by atoms with Gasteiger partial charge in [-0.1, -0.05) is 6.07 Å². The quantitative estimate of drug-likeness (QED) is 0.762. The zero-order chi connectivity index (χ0) is 18.5. The molecule has 2 aliphatic rings. The first-order valence-electron chi connectivity index (χ1n) is 8.41. The van der Waals surface area contributed by atoms with Gasteiger partial charge in [0.05, 0.1) is 30.0 Å². The van der Waals surface area contributed by atoms with E-state index in [0.29, 0.717) is 31.8 Å². The topological polar surface area (TPSA) is 30.9 Å². The van der Waals surface area contributed by atoms with Gasteiger partial charge in [0.25, 0.3) is 0 Å². The van der Waals surface area contributed by atoms with Crippen LogP contribution in [0.3, 0.4) is 0 Å². The molecule has 138 valence electrons. The second kappa shape index (κ2) is 6.18. The molecule has 2 aliphatic heterocycles. The fourth-order valence-electron chi connectivity index (χ4n) is 2.99. The fourth-order valence-corrected chi connectivity index (χ4v) is 2.99. The average Bonchev–Trinajstić information content (AvgIpc) is 2.75. The summed E-state index contributed by atoms with van der Waals surface area (Å²) in [6, 6.07) is 4.31. The predicted molar refractivity (Wildman–Crippen MR) is 90.2 cm³/mol. The molecule has 0 saturated carbocycles. The molecule has 8 heteroatoms. The molecule has 0 amide bonds. The normalized spacial score (nSPS) is 23.2. The van der Waals surface area contributed by atoms with Crippen LogP contribution in [0.1, 0.15) is 33.3 Å². The molecule has 0 radical (unpaired) electrons. The van der Waals surface area contributed by atoms with E-state index in [0.717, 1.165) is 6.07 Å². The van der Waals surface area contributed by atoms with Crippen molar-refractivity contribution in [1.82, 2.24) is 0 Å². The lowest BCUT2D eigenvalue weighted by Crippen LogP contribution is -2.41. The number of alkyl halides is 3. The van der Waals surface area contributed by atoms with Gasteiger partial charge in [0.2, 0.25) is 0 Å². The number of rotatable bonds is 2. The van der Waals surface area contributed by atoms with Crippen molar-refractivity contribution in [3.8, 4) is 0 Å². The number of morpholine rings is 1. The van der Waals surface area contributed by atoms with Gasteiger partial charge in [-0.15, -0.1) is 0 Å². The van der Waals surface area contributed by atoms with Crippen molar-refractivity contribution in [1.29, 1.82) is 0 Å². The van der Waals surface area contributed by atoms with Crippen LogP contribution in [0.25, 0.3) is 0 Å². The first kappa shape index (κ1) is 18.5. The number of hydrogen-bond acceptors (Lipinski definition) is 4. The third-order valence-electron chi connectivity index (χ3n) is 5.20. The lowest BCUT2D eigenvalue weighted by Gasteiger charge is -2.32. The molecule has 0 aliphatic carbocycles. The molecule has 0 bridgehead atoms. The molecule has 2 heterocycles. The molecule has 2 saturated heterocycles. The molecular weight excluding hydrogens is 334 g/mol. The number of hydrogen-bond donors (Lipinski definition) is 0. The molecule has 0 aromatic heterocycles. The molecule has 0 spiro atoms. The molecule has 0 atom stereocenters. The van der Waals surface area contributed by atoms with Crippen molar-refractivity contribution in [3.05, 3.63) is 23.8 Å². The molecule has 4 nitrogen and oxygen atoms in total. The molecule has 2 fully saturated rings. The Labute approximate surface area is 146 Å². The Bertz CT molecular complexity index is 627. The second-order valence-corrected chi connectivity index (χ2v) is 7.46. The minimum Gasteiger partial charge on any atom is -0.399 e. The summed E-state index contributed by atoms with van der Waals surface area (Å²) >= 11 is 0. The Hall–Kier alpha value is -1.25. The van der Waals surface area contributed by atoms with Gasteiger partial charge in [0.15, 0.2) is 0 Å². The van der Waals surface area contributed by atoms with Crippen molar-refractivity contribution in [2.24, 2.45) is 0 Å². The summed E-state index contributed by atoms with van der Waals surface area (Å²) in [5.41, 5.74) is -1.31. The maximum Gasteiger partial charge on any atom is 0.494 e. The monoisotopic (exact) mass is 357 g/mol. The molecule has 3 rings (SSSR count). The summed E-state index contributed by atoms with van der Waals surface area (Å²) in [6.07, 6.45) is -4.45. The van der Waals surface area contributed by atoms with E-state index >= 15 is 0 Å². The predicted octanol–water partition coefficient (Wildman–Crippen LogP) is 2.84. The zero-order valence-electron chi connectivity index (χ0n) is 14.9. The van der Waals surface area contributed by atoms with Crippen LogP contribution in [0, 0.1) is 0 Å². The van der Waals surface area contributed by atoms with Gasteiger partial charge in [-0.2, -0.15) is 13.2 Å². The lowest BCUT2D eigenvalue weighted by molar-refractivity contribution is -0.137. The highest BCUT2D eigenvalue weighted by atomic mass is 19.4. The Morgan fingerprint density at radius 2 is 1.56 bits per heavy atom. The largest absolute Gasteiger partial charge is 0.494 e. The molecule has 0 N–H and O–H groups in total. The molecule has 1 aromatic rings. The van der Waals surface area contributed by atoms with E-state index in [1.807, 2.05) is 27.7 Å². The lowest BCUT2D eigenvalue weighted by atomic mass is 9.78. The first-order chi connectivity index (χ1) is 11.5. The fraction of sp³-hybridized carbons (Fsp3) is 0.647. The van der Waals surface area contributed by atoms with Crippen molar-refractivity contribution in [2.75, 3.05) is 31.2 Å². The molecule has 0 unspecified atom stereocenters. The van der Waals surface area contributed by atoms with Crippen LogP contribution in [0.5, 0.6) is 0 Å². The number of benzene rings is 1. The van der Waals surface area contributed by atoms with E-state index in [1.165, 1.54) is 6.07 Å². The Morgan fingerprint density at radius 1 is 1.00 bits per heavy atom. The van der Waals surface area contributed by atoms with E-state index in [2.05, 4.69) is 0 Å². The van der Waals surface area contributed by atoms with Crippen LogP contribution in [0.4, 0.5) is 18.9 Å². The highest BCUT2D eigenvalue weighted by Crippen LogP contribution is 2.39. The van der Waals surface area contributed by atoms with Crippen molar-refractivity contribution < 1.29 is 27.2 Å². The Balaban J connectivity index is 1.95. The van der Waals surface area contributed by atoms with Crippen molar-refractivity contribution in [3.63, 3.8) is 0 Å². The van der Waals surface area contributed by atoms with Crippen LogP contribution in [0.15, 0.2) is 18.2 Å². The van der Waals surface area contributed by atoms with Crippen LogP contribution >= 0.6 is 0 Å². The highest BCUT2D eigenvalue weighted by molar-refractivity contribution is 6.62. The van der Waals surface area contributed by atoms with Gasteiger partial charge in [0.1, 0.15) is 0 Å². The maximum atomic E-state index is 13.6. The standard InChI is InChI=1S/C17H23BF3NO3/c1-15(2)16(3,4)25-18(24-15)12-5-6-14(13(11-12)17(19,20)21)22-7-9-23-10-8-22/h5-6,11H,7-10H2,1-4H3. The van der Waals surface area contributed by atoms with E-state index in [1.54, 1.807) is 11.0 Å².